The van der Waals surface area contributed by atoms with E-state index in [1.807, 2.05) is 54.6 Å². The lowest BCUT2D eigenvalue weighted by molar-refractivity contribution is -0.114. The van der Waals surface area contributed by atoms with Gasteiger partial charge in [0, 0.05) is 12.6 Å². The molecule has 3 nitrogen and oxygen atoms in total. The minimum Gasteiger partial charge on any atom is -0.326 e. The maximum Gasteiger partial charge on any atom is 0.221 e. The van der Waals surface area contributed by atoms with E-state index in [2.05, 4.69) is 11.4 Å². The van der Waals surface area contributed by atoms with E-state index in [9.17, 15) is 10.1 Å². The van der Waals surface area contributed by atoms with Crippen LogP contribution in [-0.2, 0) is 4.79 Å². The van der Waals surface area contributed by atoms with E-state index in [1.165, 1.54) is 6.92 Å². The van der Waals surface area contributed by atoms with Gasteiger partial charge in [-0.05, 0) is 23.3 Å². The number of anilines is 1. The molecular weight excluding hydrogens is 236 g/mol. The molecule has 1 atom stereocenters. The largest absolute Gasteiger partial charge is 0.326 e. The number of hydrogen-bond acceptors (Lipinski definition) is 2. The number of nitriles is 1. The van der Waals surface area contributed by atoms with Gasteiger partial charge in [-0.15, -0.1) is 0 Å². The van der Waals surface area contributed by atoms with Crippen LogP contribution in [0.5, 0.6) is 0 Å². The van der Waals surface area contributed by atoms with E-state index >= 15 is 0 Å². The summed E-state index contributed by atoms with van der Waals surface area (Å²) in [7, 11) is 0. The number of carbonyl (C=O) groups excluding carboxylic acids is 1. The summed E-state index contributed by atoms with van der Waals surface area (Å²) in [5, 5.41) is 12.0. The maximum absolute atomic E-state index is 10.9. The van der Waals surface area contributed by atoms with Crippen molar-refractivity contribution >= 4 is 11.6 Å². The lowest BCUT2D eigenvalue weighted by Crippen LogP contribution is -2.06. The molecule has 94 valence electrons. The Kier molecular flexibility index (Phi) is 3.94. The number of amides is 1. The van der Waals surface area contributed by atoms with Crippen molar-refractivity contribution in [3.8, 4) is 6.07 Å². The molecular formula is C16H14N2O. The van der Waals surface area contributed by atoms with Crippen LogP contribution in [0.2, 0.25) is 0 Å². The van der Waals surface area contributed by atoms with Gasteiger partial charge in [0.1, 0.15) is 0 Å². The number of rotatable bonds is 3. The third-order valence-electron chi connectivity index (χ3n) is 2.83. The van der Waals surface area contributed by atoms with E-state index in [0.29, 0.717) is 0 Å². The monoisotopic (exact) mass is 250 g/mol. The van der Waals surface area contributed by atoms with Crippen molar-refractivity contribution in [3.63, 3.8) is 0 Å². The Balaban J connectivity index is 2.26. The van der Waals surface area contributed by atoms with Crippen LogP contribution in [0, 0.1) is 11.3 Å². The van der Waals surface area contributed by atoms with Crippen molar-refractivity contribution in [1.82, 2.24) is 0 Å². The van der Waals surface area contributed by atoms with E-state index in [-0.39, 0.29) is 11.8 Å². The van der Waals surface area contributed by atoms with Gasteiger partial charge in [-0.3, -0.25) is 4.79 Å². The lowest BCUT2D eigenvalue weighted by Gasteiger charge is -2.10. The van der Waals surface area contributed by atoms with Crippen molar-refractivity contribution in [3.05, 3.63) is 65.7 Å². The summed E-state index contributed by atoms with van der Waals surface area (Å²) in [4.78, 5) is 10.9. The van der Waals surface area contributed by atoms with Gasteiger partial charge >= 0.3 is 0 Å². The minimum atomic E-state index is -0.285. The van der Waals surface area contributed by atoms with Crippen LogP contribution in [-0.4, -0.2) is 5.91 Å². The van der Waals surface area contributed by atoms with Crippen LogP contribution in [0.3, 0.4) is 0 Å². The molecule has 3 heteroatoms. The zero-order valence-electron chi connectivity index (χ0n) is 10.6. The molecule has 19 heavy (non-hydrogen) atoms. The highest BCUT2D eigenvalue weighted by Crippen LogP contribution is 2.24. The summed E-state index contributed by atoms with van der Waals surface area (Å²) in [6.45, 7) is 1.47. The molecule has 0 spiro atoms. The molecule has 0 fully saturated rings. The summed E-state index contributed by atoms with van der Waals surface area (Å²) in [6.07, 6.45) is 0. The van der Waals surface area contributed by atoms with Gasteiger partial charge in [0.25, 0.3) is 0 Å². The molecule has 0 saturated carbocycles. The molecule has 0 aromatic heterocycles. The standard InChI is InChI=1S/C16H14N2O/c1-12(19)18-15-9-7-14(8-10-15)16(11-17)13-5-3-2-4-6-13/h2-10,16H,1H3,(H,18,19)/t16-/m1/s1. The van der Waals surface area contributed by atoms with E-state index in [1.54, 1.807) is 0 Å². The smallest absolute Gasteiger partial charge is 0.221 e. The fourth-order valence-corrected chi connectivity index (χ4v) is 1.95. The quantitative estimate of drug-likeness (QED) is 0.908. The number of nitrogens with zero attached hydrogens (tertiary/aromatic N) is 1. The third-order valence-corrected chi connectivity index (χ3v) is 2.83. The Morgan fingerprint density at radius 3 is 2.16 bits per heavy atom. The number of carbonyl (C=O) groups is 1. The molecule has 0 radical (unpaired) electrons. The van der Waals surface area contributed by atoms with Crippen LogP contribution in [0.1, 0.15) is 24.0 Å². The first-order valence-electron chi connectivity index (χ1n) is 6.03. The molecule has 0 aliphatic heterocycles. The van der Waals surface area contributed by atoms with E-state index in [4.69, 9.17) is 0 Å². The summed E-state index contributed by atoms with van der Waals surface area (Å²) >= 11 is 0. The van der Waals surface area contributed by atoms with Gasteiger partial charge in [0.2, 0.25) is 5.91 Å². The molecule has 0 unspecified atom stereocenters. The van der Waals surface area contributed by atoms with Crippen LogP contribution >= 0.6 is 0 Å². The molecule has 2 aromatic rings. The van der Waals surface area contributed by atoms with Crippen LogP contribution in [0.15, 0.2) is 54.6 Å². The zero-order valence-corrected chi connectivity index (χ0v) is 10.6. The molecule has 0 bridgehead atoms. The minimum absolute atomic E-state index is 0.104. The Labute approximate surface area is 112 Å². The fourth-order valence-electron chi connectivity index (χ4n) is 1.95. The van der Waals surface area contributed by atoms with Gasteiger partial charge < -0.3 is 5.32 Å². The highest BCUT2D eigenvalue weighted by atomic mass is 16.1. The fraction of sp³-hybridized carbons (Fsp3) is 0.125. The first-order valence-corrected chi connectivity index (χ1v) is 6.03. The normalized spacial score (nSPS) is 11.4. The second-order valence-electron chi connectivity index (χ2n) is 4.28. The number of benzene rings is 2. The second-order valence-corrected chi connectivity index (χ2v) is 4.28. The SMILES string of the molecule is CC(=O)Nc1ccc([C@H](C#N)c2ccccc2)cc1. The second kappa shape index (κ2) is 5.83. The van der Waals surface area contributed by atoms with Gasteiger partial charge in [-0.25, -0.2) is 0 Å². The zero-order chi connectivity index (χ0) is 13.7. The summed E-state index contributed by atoms with van der Waals surface area (Å²) in [5.74, 6) is -0.389. The molecule has 2 rings (SSSR count). The van der Waals surface area contributed by atoms with Gasteiger partial charge in [-0.2, -0.15) is 5.26 Å². The van der Waals surface area contributed by atoms with Gasteiger partial charge in [-0.1, -0.05) is 42.5 Å². The van der Waals surface area contributed by atoms with E-state index < -0.39 is 0 Å². The molecule has 1 amide bonds. The molecule has 0 aliphatic rings. The average molecular weight is 250 g/mol. The Bertz CT molecular complexity index is 597. The molecule has 0 heterocycles. The highest BCUT2D eigenvalue weighted by Gasteiger charge is 2.12. The predicted molar refractivity (Wildman–Crippen MR) is 74.6 cm³/mol. The summed E-state index contributed by atoms with van der Waals surface area (Å²) in [5.41, 5.74) is 2.63. The van der Waals surface area contributed by atoms with Crippen LogP contribution < -0.4 is 5.32 Å². The van der Waals surface area contributed by atoms with Gasteiger partial charge in [0.15, 0.2) is 0 Å². The third kappa shape index (κ3) is 3.20. The average Bonchev–Trinajstić information content (AvgIpc) is 2.42. The van der Waals surface area contributed by atoms with Crippen LogP contribution in [0.4, 0.5) is 5.69 Å². The molecule has 2 aromatic carbocycles. The van der Waals surface area contributed by atoms with Crippen LogP contribution in [0.25, 0.3) is 0 Å². The molecule has 1 N–H and O–H groups in total. The lowest BCUT2D eigenvalue weighted by atomic mass is 9.92. The Morgan fingerprint density at radius 2 is 1.63 bits per heavy atom. The van der Waals surface area contributed by atoms with Gasteiger partial charge in [0.05, 0.1) is 12.0 Å². The van der Waals surface area contributed by atoms with Crippen molar-refractivity contribution in [1.29, 1.82) is 5.26 Å². The highest BCUT2D eigenvalue weighted by molar-refractivity contribution is 5.88. The van der Waals surface area contributed by atoms with Crippen molar-refractivity contribution in [2.45, 2.75) is 12.8 Å². The van der Waals surface area contributed by atoms with Crippen molar-refractivity contribution in [2.24, 2.45) is 0 Å². The van der Waals surface area contributed by atoms with Crippen molar-refractivity contribution < 1.29 is 4.79 Å². The Morgan fingerprint density at radius 1 is 1.05 bits per heavy atom. The topological polar surface area (TPSA) is 52.9 Å². The predicted octanol–water partition coefficient (Wildman–Crippen LogP) is 3.30. The number of nitrogens with one attached hydrogen (secondary N) is 1. The first-order chi connectivity index (χ1) is 9.20. The summed E-state index contributed by atoms with van der Waals surface area (Å²) < 4.78 is 0. The number of hydrogen-bond donors (Lipinski definition) is 1. The Hall–Kier alpha value is -2.60. The molecule has 0 aliphatic carbocycles. The molecule has 0 saturated heterocycles. The first kappa shape index (κ1) is 12.8. The summed E-state index contributed by atoms with van der Waals surface area (Å²) in [6, 6.07) is 19.3. The maximum atomic E-state index is 10.9. The van der Waals surface area contributed by atoms with Crippen molar-refractivity contribution in [2.75, 3.05) is 5.32 Å². The van der Waals surface area contributed by atoms with E-state index in [0.717, 1.165) is 16.8 Å².